The van der Waals surface area contributed by atoms with Crippen LogP contribution in [0.4, 0.5) is 0 Å². The molecule has 0 heterocycles. The Morgan fingerprint density at radius 2 is 1.35 bits per heavy atom. The van der Waals surface area contributed by atoms with E-state index in [0.29, 0.717) is 19.7 Å². The number of nitrogens with one attached hydrogen (secondary N) is 2. The Kier molecular flexibility index (Phi) is 13.2. The maximum Gasteiger partial charge on any atom is 0.246 e. The fraction of sp³-hybridized carbons (Fsp3) is 0.800. The standard InChI is InChI=1S/C15H28N2O6.2H2/c1-4-21-10-14(19)16-6-8-23-11-15(20)17-5-7-22-9-13(18)12(2)3;;/h12H,4-11H2,1-3H3,(H,16,19)(H,17,20);2*1H. The number of Topliss-reactive ketones (excluding diaryl/α,β-unsaturated/α-hetero) is 1. The Balaban J connectivity index is -0.00000242. The Labute approximate surface area is 140 Å². The van der Waals surface area contributed by atoms with Crippen LogP contribution in [0.5, 0.6) is 0 Å². The van der Waals surface area contributed by atoms with E-state index in [0.717, 1.165) is 0 Å². The van der Waals surface area contributed by atoms with Crippen molar-refractivity contribution in [2.75, 3.05) is 52.7 Å². The molecule has 0 atom stereocenters. The van der Waals surface area contributed by atoms with Gasteiger partial charge in [0.2, 0.25) is 11.8 Å². The number of carbonyl (C=O) groups excluding carboxylic acids is 3. The number of hydrogen-bond acceptors (Lipinski definition) is 6. The summed E-state index contributed by atoms with van der Waals surface area (Å²) in [6.07, 6.45) is 0. The third kappa shape index (κ3) is 13.8. The minimum atomic E-state index is -0.274. The van der Waals surface area contributed by atoms with Crippen molar-refractivity contribution in [2.24, 2.45) is 5.92 Å². The van der Waals surface area contributed by atoms with E-state index in [-0.39, 0.29) is 59.4 Å². The molecule has 0 saturated heterocycles. The lowest BCUT2D eigenvalue weighted by molar-refractivity contribution is -0.127. The number of rotatable bonds is 14. The summed E-state index contributed by atoms with van der Waals surface area (Å²) in [5.41, 5.74) is 0. The summed E-state index contributed by atoms with van der Waals surface area (Å²) in [6, 6.07) is 0. The first-order valence-electron chi connectivity index (χ1n) is 7.76. The van der Waals surface area contributed by atoms with Crippen molar-refractivity contribution < 1.29 is 31.4 Å². The molecular formula is C15H32N2O6. The van der Waals surface area contributed by atoms with E-state index in [1.165, 1.54) is 0 Å². The van der Waals surface area contributed by atoms with Crippen LogP contribution < -0.4 is 10.6 Å². The van der Waals surface area contributed by atoms with Gasteiger partial charge in [0, 0.05) is 28.5 Å². The summed E-state index contributed by atoms with van der Waals surface area (Å²) in [4.78, 5) is 33.9. The predicted octanol–water partition coefficient (Wildman–Crippen LogP) is 0.00560. The maximum atomic E-state index is 11.4. The van der Waals surface area contributed by atoms with Crippen LogP contribution in [0.25, 0.3) is 0 Å². The Morgan fingerprint density at radius 3 is 1.83 bits per heavy atom. The third-order valence-corrected chi connectivity index (χ3v) is 2.70. The molecule has 0 spiro atoms. The molecule has 138 valence electrons. The van der Waals surface area contributed by atoms with Gasteiger partial charge in [-0.1, -0.05) is 13.8 Å². The van der Waals surface area contributed by atoms with Crippen LogP contribution >= 0.6 is 0 Å². The van der Waals surface area contributed by atoms with Gasteiger partial charge in [-0.25, -0.2) is 0 Å². The molecule has 0 aliphatic rings. The normalized spacial score (nSPS) is 10.6. The largest absolute Gasteiger partial charge is 0.372 e. The van der Waals surface area contributed by atoms with E-state index >= 15 is 0 Å². The summed E-state index contributed by atoms with van der Waals surface area (Å²) < 4.78 is 15.2. The van der Waals surface area contributed by atoms with Crippen molar-refractivity contribution in [3.63, 3.8) is 0 Å². The van der Waals surface area contributed by atoms with Gasteiger partial charge in [-0.2, -0.15) is 0 Å². The van der Waals surface area contributed by atoms with E-state index in [4.69, 9.17) is 14.2 Å². The second kappa shape index (κ2) is 14.1. The first-order valence-corrected chi connectivity index (χ1v) is 7.76. The molecule has 23 heavy (non-hydrogen) atoms. The Morgan fingerprint density at radius 1 is 0.870 bits per heavy atom. The SMILES string of the molecule is CCOCC(=O)NCCOCC(=O)NCCOCC(=O)C(C)C.[HH].[HH]. The quantitative estimate of drug-likeness (QED) is 0.433. The zero-order valence-corrected chi connectivity index (χ0v) is 14.2. The molecule has 0 aromatic rings. The van der Waals surface area contributed by atoms with Crippen LogP contribution in [-0.2, 0) is 28.6 Å². The molecule has 2 amide bonds. The van der Waals surface area contributed by atoms with Gasteiger partial charge in [0.25, 0.3) is 0 Å². The van der Waals surface area contributed by atoms with Crippen molar-refractivity contribution in [3.05, 3.63) is 0 Å². The van der Waals surface area contributed by atoms with Gasteiger partial charge < -0.3 is 24.8 Å². The van der Waals surface area contributed by atoms with Crippen LogP contribution in [0, 0.1) is 5.92 Å². The molecule has 0 rings (SSSR count). The maximum absolute atomic E-state index is 11.4. The lowest BCUT2D eigenvalue weighted by atomic mass is 10.1. The van der Waals surface area contributed by atoms with Gasteiger partial charge in [0.1, 0.15) is 19.8 Å². The lowest BCUT2D eigenvalue weighted by Gasteiger charge is -2.08. The monoisotopic (exact) mass is 336 g/mol. The Bertz CT molecular complexity index is 370. The summed E-state index contributed by atoms with van der Waals surface area (Å²) in [6.45, 7) is 7.06. The van der Waals surface area contributed by atoms with Crippen LogP contribution in [0.3, 0.4) is 0 Å². The van der Waals surface area contributed by atoms with Crippen molar-refractivity contribution in [3.8, 4) is 0 Å². The van der Waals surface area contributed by atoms with Crippen molar-refractivity contribution >= 4 is 17.6 Å². The van der Waals surface area contributed by atoms with E-state index in [9.17, 15) is 14.4 Å². The number of hydrogen-bond donors (Lipinski definition) is 2. The molecule has 0 aliphatic heterocycles. The summed E-state index contributed by atoms with van der Waals surface area (Å²) >= 11 is 0. The van der Waals surface area contributed by atoms with Gasteiger partial charge in [0.05, 0.1) is 13.2 Å². The molecule has 0 aliphatic carbocycles. The van der Waals surface area contributed by atoms with Crippen molar-refractivity contribution in [2.45, 2.75) is 20.8 Å². The molecule has 0 bridgehead atoms. The molecule has 0 unspecified atom stereocenters. The van der Waals surface area contributed by atoms with Gasteiger partial charge >= 0.3 is 0 Å². The first kappa shape index (κ1) is 21.5. The van der Waals surface area contributed by atoms with Crippen LogP contribution in [0.1, 0.15) is 23.6 Å². The van der Waals surface area contributed by atoms with E-state index < -0.39 is 0 Å². The minimum absolute atomic E-state index is 0. The highest BCUT2D eigenvalue weighted by atomic mass is 16.5. The van der Waals surface area contributed by atoms with Gasteiger partial charge in [-0.15, -0.1) is 0 Å². The van der Waals surface area contributed by atoms with Crippen LogP contribution in [0.15, 0.2) is 0 Å². The number of ether oxygens (including phenoxy) is 3. The first-order chi connectivity index (χ1) is 11.0. The molecule has 8 heteroatoms. The fourth-order valence-electron chi connectivity index (χ4n) is 1.33. The highest BCUT2D eigenvalue weighted by molar-refractivity contribution is 5.81. The number of ketones is 1. The van der Waals surface area contributed by atoms with Crippen LogP contribution in [-0.4, -0.2) is 70.3 Å². The average molecular weight is 336 g/mol. The zero-order valence-electron chi connectivity index (χ0n) is 14.2. The smallest absolute Gasteiger partial charge is 0.246 e. The van der Waals surface area contributed by atoms with E-state index in [2.05, 4.69) is 10.6 Å². The summed E-state index contributed by atoms with van der Waals surface area (Å²) in [5.74, 6) is -0.504. The van der Waals surface area contributed by atoms with Gasteiger partial charge in [-0.05, 0) is 6.92 Å². The molecular weight excluding hydrogens is 304 g/mol. The summed E-state index contributed by atoms with van der Waals surface area (Å²) in [7, 11) is 0. The zero-order chi connectivity index (χ0) is 17.5. The number of carbonyl (C=O) groups is 3. The molecule has 0 saturated carbocycles. The highest BCUT2D eigenvalue weighted by Gasteiger charge is 2.07. The number of amides is 2. The van der Waals surface area contributed by atoms with Gasteiger partial charge in [-0.3, -0.25) is 14.4 Å². The van der Waals surface area contributed by atoms with Crippen molar-refractivity contribution in [1.82, 2.24) is 10.6 Å². The van der Waals surface area contributed by atoms with Crippen LogP contribution in [0.2, 0.25) is 0 Å². The molecule has 0 radical (unpaired) electrons. The van der Waals surface area contributed by atoms with Crippen molar-refractivity contribution in [1.29, 1.82) is 0 Å². The molecule has 8 nitrogen and oxygen atoms in total. The van der Waals surface area contributed by atoms with E-state index in [1.54, 1.807) is 0 Å². The lowest BCUT2D eigenvalue weighted by Crippen LogP contribution is -2.34. The minimum Gasteiger partial charge on any atom is -0.372 e. The second-order valence-electron chi connectivity index (χ2n) is 5.06. The average Bonchev–Trinajstić information content (AvgIpc) is 2.51. The predicted molar refractivity (Wildman–Crippen MR) is 88.2 cm³/mol. The molecule has 0 aromatic carbocycles. The second-order valence-corrected chi connectivity index (χ2v) is 5.06. The fourth-order valence-corrected chi connectivity index (χ4v) is 1.33. The molecule has 2 N–H and O–H groups in total. The van der Waals surface area contributed by atoms with Gasteiger partial charge in [0.15, 0.2) is 5.78 Å². The molecule has 0 fully saturated rings. The Hall–Kier alpha value is -1.51. The highest BCUT2D eigenvalue weighted by Crippen LogP contribution is 1.93. The topological polar surface area (TPSA) is 103 Å². The summed E-state index contributed by atoms with van der Waals surface area (Å²) in [5, 5.41) is 5.20. The van der Waals surface area contributed by atoms with E-state index in [1.807, 2.05) is 20.8 Å². The third-order valence-electron chi connectivity index (χ3n) is 2.70. The molecule has 0 aromatic heterocycles.